The molecule has 17 heavy (non-hydrogen) atoms. The van der Waals surface area contributed by atoms with E-state index >= 15 is 0 Å². The van der Waals surface area contributed by atoms with Crippen molar-refractivity contribution >= 4 is 28.1 Å². The molecular formula is C12H13ClN2OS. The van der Waals surface area contributed by atoms with Gasteiger partial charge in [-0.1, -0.05) is 35.1 Å². The van der Waals surface area contributed by atoms with Crippen LogP contribution < -0.4 is 5.32 Å². The molecule has 90 valence electrons. The minimum absolute atomic E-state index is 0.676. The number of ether oxygens (including phenoxy) is 1. The van der Waals surface area contributed by atoms with Crippen LogP contribution in [0.2, 0.25) is 5.02 Å². The van der Waals surface area contributed by atoms with Crippen molar-refractivity contribution < 1.29 is 4.74 Å². The van der Waals surface area contributed by atoms with Crippen LogP contribution in [-0.4, -0.2) is 25.2 Å². The van der Waals surface area contributed by atoms with E-state index in [9.17, 15) is 0 Å². The molecule has 2 rings (SSSR count). The third-order valence-corrected chi connectivity index (χ3v) is 3.47. The predicted octanol–water partition coefficient (Wildman–Crippen LogP) is 3.52. The summed E-state index contributed by atoms with van der Waals surface area (Å²) in [5.41, 5.74) is 1.13. The fourth-order valence-corrected chi connectivity index (χ4v) is 2.34. The Morgan fingerprint density at radius 1 is 1.35 bits per heavy atom. The molecule has 0 unspecified atom stereocenters. The van der Waals surface area contributed by atoms with Gasteiger partial charge in [0.2, 0.25) is 0 Å². The normalized spacial score (nSPS) is 10.5. The largest absolute Gasteiger partial charge is 0.383 e. The first-order valence-electron chi connectivity index (χ1n) is 5.24. The highest BCUT2D eigenvalue weighted by Gasteiger charge is 2.03. The number of benzene rings is 1. The maximum Gasteiger partial charge on any atom is 0.183 e. The van der Waals surface area contributed by atoms with E-state index in [1.54, 1.807) is 18.4 Å². The summed E-state index contributed by atoms with van der Waals surface area (Å²) in [4.78, 5) is 5.43. The topological polar surface area (TPSA) is 34.1 Å². The minimum atomic E-state index is 0.676. The van der Waals surface area contributed by atoms with E-state index in [-0.39, 0.29) is 0 Å². The Hall–Kier alpha value is -1.10. The van der Waals surface area contributed by atoms with Crippen LogP contribution in [0.5, 0.6) is 0 Å². The second kappa shape index (κ2) is 6.00. The van der Waals surface area contributed by atoms with E-state index in [0.29, 0.717) is 6.61 Å². The molecule has 0 aliphatic carbocycles. The number of methoxy groups -OCH3 is 1. The minimum Gasteiger partial charge on any atom is -0.383 e. The van der Waals surface area contributed by atoms with Crippen molar-refractivity contribution in [1.29, 1.82) is 0 Å². The molecule has 0 aliphatic heterocycles. The van der Waals surface area contributed by atoms with Gasteiger partial charge in [-0.2, -0.15) is 0 Å². The average Bonchev–Trinajstić information content (AvgIpc) is 2.79. The second-order valence-corrected chi connectivity index (χ2v) is 4.92. The lowest BCUT2D eigenvalue weighted by atomic mass is 10.2. The van der Waals surface area contributed by atoms with Gasteiger partial charge in [0.15, 0.2) is 5.13 Å². The highest BCUT2D eigenvalue weighted by molar-refractivity contribution is 7.18. The molecule has 0 fully saturated rings. The lowest BCUT2D eigenvalue weighted by Gasteiger charge is -1.99. The Bertz CT molecular complexity index is 470. The maximum atomic E-state index is 5.85. The molecule has 1 aromatic carbocycles. The van der Waals surface area contributed by atoms with Crippen molar-refractivity contribution in [1.82, 2.24) is 4.98 Å². The van der Waals surface area contributed by atoms with E-state index in [1.165, 1.54) is 0 Å². The predicted molar refractivity (Wildman–Crippen MR) is 72.9 cm³/mol. The Morgan fingerprint density at radius 3 is 2.82 bits per heavy atom. The summed E-state index contributed by atoms with van der Waals surface area (Å²) in [5, 5.41) is 4.86. The summed E-state index contributed by atoms with van der Waals surface area (Å²) in [5.74, 6) is 0. The molecule has 0 radical (unpaired) electrons. The van der Waals surface area contributed by atoms with Crippen molar-refractivity contribution in [2.24, 2.45) is 0 Å². The van der Waals surface area contributed by atoms with Crippen molar-refractivity contribution in [3.63, 3.8) is 0 Å². The van der Waals surface area contributed by atoms with Gasteiger partial charge in [0, 0.05) is 24.9 Å². The second-order valence-electron chi connectivity index (χ2n) is 3.46. The van der Waals surface area contributed by atoms with E-state index in [4.69, 9.17) is 16.3 Å². The summed E-state index contributed by atoms with van der Waals surface area (Å²) < 4.78 is 4.97. The van der Waals surface area contributed by atoms with Crippen molar-refractivity contribution in [3.8, 4) is 10.4 Å². The molecule has 1 heterocycles. The zero-order valence-corrected chi connectivity index (χ0v) is 11.0. The number of hydrogen-bond acceptors (Lipinski definition) is 4. The van der Waals surface area contributed by atoms with Crippen LogP contribution >= 0.6 is 22.9 Å². The highest BCUT2D eigenvalue weighted by atomic mass is 35.5. The van der Waals surface area contributed by atoms with E-state index in [1.807, 2.05) is 30.5 Å². The molecule has 0 aliphatic rings. The summed E-state index contributed by atoms with van der Waals surface area (Å²) in [7, 11) is 1.68. The smallest absolute Gasteiger partial charge is 0.183 e. The Balaban J connectivity index is 2.04. The number of thiazole rings is 1. The zero-order chi connectivity index (χ0) is 12.1. The first kappa shape index (κ1) is 12.4. The molecule has 0 amide bonds. The van der Waals surface area contributed by atoms with Crippen LogP contribution in [-0.2, 0) is 4.74 Å². The van der Waals surface area contributed by atoms with Crippen molar-refractivity contribution in [2.45, 2.75) is 0 Å². The number of nitrogens with zero attached hydrogens (tertiary/aromatic N) is 1. The molecule has 0 bridgehead atoms. The van der Waals surface area contributed by atoms with Crippen LogP contribution in [0.3, 0.4) is 0 Å². The monoisotopic (exact) mass is 268 g/mol. The number of aromatic nitrogens is 1. The lowest BCUT2D eigenvalue weighted by Crippen LogP contribution is -2.06. The summed E-state index contributed by atoms with van der Waals surface area (Å²) in [6, 6.07) is 7.76. The Kier molecular flexibility index (Phi) is 4.36. The van der Waals surface area contributed by atoms with Gasteiger partial charge in [-0.3, -0.25) is 0 Å². The SMILES string of the molecule is COCCNc1ncc(-c2ccc(Cl)cc2)s1. The van der Waals surface area contributed by atoms with E-state index in [0.717, 1.165) is 27.1 Å². The van der Waals surface area contributed by atoms with Gasteiger partial charge in [0.1, 0.15) is 0 Å². The number of anilines is 1. The highest BCUT2D eigenvalue weighted by Crippen LogP contribution is 2.29. The number of rotatable bonds is 5. The first-order chi connectivity index (χ1) is 8.29. The number of hydrogen-bond donors (Lipinski definition) is 1. The summed E-state index contributed by atoms with van der Waals surface area (Å²) >= 11 is 7.47. The van der Waals surface area contributed by atoms with Gasteiger partial charge >= 0.3 is 0 Å². The quantitative estimate of drug-likeness (QED) is 0.843. The molecule has 5 heteroatoms. The fraction of sp³-hybridized carbons (Fsp3) is 0.250. The third kappa shape index (κ3) is 3.43. The van der Waals surface area contributed by atoms with Gasteiger partial charge in [0.05, 0.1) is 11.5 Å². The van der Waals surface area contributed by atoms with Gasteiger partial charge in [-0.05, 0) is 17.7 Å². The third-order valence-electron chi connectivity index (χ3n) is 2.22. The Labute approximate surface area is 109 Å². The molecule has 0 atom stereocenters. The average molecular weight is 269 g/mol. The molecule has 1 N–H and O–H groups in total. The molecular weight excluding hydrogens is 256 g/mol. The van der Waals surface area contributed by atoms with Crippen LogP contribution in [0.15, 0.2) is 30.5 Å². The molecule has 0 saturated carbocycles. The molecule has 3 nitrogen and oxygen atoms in total. The zero-order valence-electron chi connectivity index (χ0n) is 9.44. The van der Waals surface area contributed by atoms with Gasteiger partial charge in [0.25, 0.3) is 0 Å². The van der Waals surface area contributed by atoms with E-state index in [2.05, 4.69) is 10.3 Å². The fourth-order valence-electron chi connectivity index (χ4n) is 1.36. The van der Waals surface area contributed by atoms with Gasteiger partial charge in [-0.15, -0.1) is 0 Å². The number of halogens is 1. The van der Waals surface area contributed by atoms with Gasteiger partial charge < -0.3 is 10.1 Å². The summed E-state index contributed by atoms with van der Waals surface area (Å²) in [6.45, 7) is 1.44. The lowest BCUT2D eigenvalue weighted by molar-refractivity contribution is 0.211. The summed E-state index contributed by atoms with van der Waals surface area (Å²) in [6.07, 6.45) is 1.86. The number of nitrogens with one attached hydrogen (secondary N) is 1. The molecule has 1 aromatic heterocycles. The van der Waals surface area contributed by atoms with E-state index < -0.39 is 0 Å². The Morgan fingerprint density at radius 2 is 2.12 bits per heavy atom. The van der Waals surface area contributed by atoms with Gasteiger partial charge in [-0.25, -0.2) is 4.98 Å². The molecule has 0 saturated heterocycles. The molecule has 0 spiro atoms. The standard InChI is InChI=1S/C12H13ClN2OS/c1-16-7-6-14-12-15-8-11(17-12)9-2-4-10(13)5-3-9/h2-5,8H,6-7H2,1H3,(H,14,15). The van der Waals surface area contributed by atoms with Crippen LogP contribution in [0, 0.1) is 0 Å². The van der Waals surface area contributed by atoms with Crippen LogP contribution in [0.1, 0.15) is 0 Å². The van der Waals surface area contributed by atoms with Crippen LogP contribution in [0.25, 0.3) is 10.4 Å². The maximum absolute atomic E-state index is 5.85. The first-order valence-corrected chi connectivity index (χ1v) is 6.43. The molecule has 2 aromatic rings. The van der Waals surface area contributed by atoms with Crippen molar-refractivity contribution in [2.75, 3.05) is 25.6 Å². The van der Waals surface area contributed by atoms with Crippen molar-refractivity contribution in [3.05, 3.63) is 35.5 Å². The van der Waals surface area contributed by atoms with Crippen LogP contribution in [0.4, 0.5) is 5.13 Å².